The molecule has 2 rings (SSSR count). The third-order valence-electron chi connectivity index (χ3n) is 3.44. The SMILES string of the molecule is CCOc1cc(/C=N/NC(=O)c2ccccc2C)cc(I)c1OCC(=O)O. The lowest BCUT2D eigenvalue weighted by atomic mass is 10.1. The van der Waals surface area contributed by atoms with Crippen LogP contribution in [0.25, 0.3) is 0 Å². The highest BCUT2D eigenvalue weighted by Crippen LogP contribution is 2.33. The highest BCUT2D eigenvalue weighted by atomic mass is 127. The average molecular weight is 482 g/mol. The molecule has 0 atom stereocenters. The van der Waals surface area contributed by atoms with E-state index in [-0.39, 0.29) is 5.91 Å². The van der Waals surface area contributed by atoms with Crippen LogP contribution in [-0.2, 0) is 4.79 Å². The summed E-state index contributed by atoms with van der Waals surface area (Å²) in [7, 11) is 0. The Bertz CT molecular complexity index is 867. The molecule has 0 aromatic heterocycles. The monoisotopic (exact) mass is 482 g/mol. The fourth-order valence-corrected chi connectivity index (χ4v) is 3.03. The minimum Gasteiger partial charge on any atom is -0.490 e. The van der Waals surface area contributed by atoms with E-state index < -0.39 is 12.6 Å². The predicted molar refractivity (Wildman–Crippen MR) is 110 cm³/mol. The van der Waals surface area contributed by atoms with Crippen LogP contribution in [0.5, 0.6) is 11.5 Å². The van der Waals surface area contributed by atoms with Crippen LogP contribution in [0.4, 0.5) is 0 Å². The maximum Gasteiger partial charge on any atom is 0.341 e. The van der Waals surface area contributed by atoms with Gasteiger partial charge in [-0.2, -0.15) is 5.10 Å². The Labute approximate surface area is 170 Å². The normalized spacial score (nSPS) is 10.6. The molecule has 142 valence electrons. The van der Waals surface area contributed by atoms with Crippen LogP contribution in [-0.4, -0.2) is 36.4 Å². The van der Waals surface area contributed by atoms with Gasteiger partial charge in [0.15, 0.2) is 18.1 Å². The Morgan fingerprint density at radius 1 is 1.26 bits per heavy atom. The Balaban J connectivity index is 2.15. The lowest BCUT2D eigenvalue weighted by Crippen LogP contribution is -2.18. The number of carbonyl (C=O) groups excluding carboxylic acids is 1. The number of aryl methyl sites for hydroxylation is 1. The Morgan fingerprint density at radius 3 is 2.67 bits per heavy atom. The summed E-state index contributed by atoms with van der Waals surface area (Å²) in [5, 5.41) is 12.8. The number of carboxylic acid groups (broad SMARTS) is 1. The van der Waals surface area contributed by atoms with Crippen molar-refractivity contribution in [3.63, 3.8) is 0 Å². The molecule has 0 unspecified atom stereocenters. The van der Waals surface area contributed by atoms with Gasteiger partial charge in [-0.3, -0.25) is 4.79 Å². The molecule has 0 heterocycles. The largest absolute Gasteiger partial charge is 0.490 e. The third kappa shape index (κ3) is 5.95. The van der Waals surface area contributed by atoms with Crippen LogP contribution in [0, 0.1) is 10.5 Å². The molecular weight excluding hydrogens is 463 g/mol. The van der Waals surface area contributed by atoms with Crippen molar-refractivity contribution in [1.82, 2.24) is 5.43 Å². The summed E-state index contributed by atoms with van der Waals surface area (Å²) < 4.78 is 11.5. The fourth-order valence-electron chi connectivity index (χ4n) is 2.25. The number of hydrogen-bond donors (Lipinski definition) is 2. The quantitative estimate of drug-likeness (QED) is 0.342. The fraction of sp³-hybridized carbons (Fsp3) is 0.211. The zero-order chi connectivity index (χ0) is 19.8. The number of nitrogens with one attached hydrogen (secondary N) is 1. The van der Waals surface area contributed by atoms with E-state index in [0.29, 0.717) is 32.8 Å². The number of hydrazone groups is 1. The zero-order valence-electron chi connectivity index (χ0n) is 14.9. The van der Waals surface area contributed by atoms with E-state index >= 15 is 0 Å². The van der Waals surface area contributed by atoms with Crippen LogP contribution >= 0.6 is 22.6 Å². The summed E-state index contributed by atoms with van der Waals surface area (Å²) in [6.07, 6.45) is 1.49. The van der Waals surface area contributed by atoms with Gasteiger partial charge in [-0.05, 0) is 65.8 Å². The molecule has 0 saturated carbocycles. The Morgan fingerprint density at radius 2 is 2.00 bits per heavy atom. The molecule has 27 heavy (non-hydrogen) atoms. The standard InChI is InChI=1S/C19H19IN2O5/c1-3-26-16-9-13(8-15(20)18(16)27-11-17(23)24)10-21-22-19(25)14-7-5-4-6-12(14)2/h4-10H,3,11H2,1-2H3,(H,22,25)(H,23,24)/b21-10+. The summed E-state index contributed by atoms with van der Waals surface area (Å²) in [5.41, 5.74) is 4.58. The van der Waals surface area contributed by atoms with Gasteiger partial charge in [-0.1, -0.05) is 18.2 Å². The van der Waals surface area contributed by atoms with Crippen molar-refractivity contribution < 1.29 is 24.2 Å². The Kier molecular flexibility index (Phi) is 7.59. The molecule has 0 aliphatic heterocycles. The number of halogens is 1. The van der Waals surface area contributed by atoms with Gasteiger partial charge in [0.1, 0.15) is 0 Å². The highest BCUT2D eigenvalue weighted by molar-refractivity contribution is 14.1. The molecule has 0 aliphatic carbocycles. The third-order valence-corrected chi connectivity index (χ3v) is 4.24. The first kappa shape index (κ1) is 20.7. The van der Waals surface area contributed by atoms with Crippen molar-refractivity contribution in [2.75, 3.05) is 13.2 Å². The maximum absolute atomic E-state index is 12.2. The van der Waals surface area contributed by atoms with Crippen LogP contribution in [0.2, 0.25) is 0 Å². The molecular formula is C19H19IN2O5. The molecule has 0 radical (unpaired) electrons. The van der Waals surface area contributed by atoms with Crippen molar-refractivity contribution in [1.29, 1.82) is 0 Å². The smallest absolute Gasteiger partial charge is 0.341 e. The number of hydrogen-bond acceptors (Lipinski definition) is 5. The number of aliphatic carboxylic acids is 1. The van der Waals surface area contributed by atoms with Crippen molar-refractivity contribution in [3.05, 3.63) is 56.7 Å². The first-order valence-corrected chi connectivity index (χ1v) is 9.20. The van der Waals surface area contributed by atoms with Crippen molar-refractivity contribution in [2.24, 2.45) is 5.10 Å². The number of benzene rings is 2. The summed E-state index contributed by atoms with van der Waals surface area (Å²) in [6, 6.07) is 10.7. The Hall–Kier alpha value is -2.62. The van der Waals surface area contributed by atoms with E-state index in [2.05, 4.69) is 10.5 Å². The van der Waals surface area contributed by atoms with Crippen molar-refractivity contribution in [2.45, 2.75) is 13.8 Å². The molecule has 0 fully saturated rings. The number of nitrogens with zero attached hydrogens (tertiary/aromatic N) is 1. The van der Waals surface area contributed by atoms with Crippen LogP contribution in [0.3, 0.4) is 0 Å². The molecule has 0 bridgehead atoms. The van der Waals surface area contributed by atoms with E-state index in [4.69, 9.17) is 14.6 Å². The molecule has 0 spiro atoms. The number of carbonyl (C=O) groups is 2. The number of ether oxygens (including phenoxy) is 2. The van der Waals surface area contributed by atoms with Crippen molar-refractivity contribution >= 4 is 40.7 Å². The molecule has 0 aliphatic rings. The molecule has 2 aromatic rings. The van der Waals surface area contributed by atoms with Gasteiger partial charge in [-0.15, -0.1) is 0 Å². The van der Waals surface area contributed by atoms with E-state index in [1.54, 1.807) is 24.3 Å². The molecule has 1 amide bonds. The summed E-state index contributed by atoms with van der Waals surface area (Å²) in [5.74, 6) is -0.596. The second-order valence-corrected chi connectivity index (χ2v) is 6.62. The molecule has 8 heteroatoms. The molecule has 2 N–H and O–H groups in total. The lowest BCUT2D eigenvalue weighted by Gasteiger charge is -2.13. The molecule has 2 aromatic carbocycles. The van der Waals surface area contributed by atoms with Crippen LogP contribution in [0.1, 0.15) is 28.4 Å². The predicted octanol–water partition coefficient (Wildman–Crippen LogP) is 3.23. The summed E-state index contributed by atoms with van der Waals surface area (Å²) in [6.45, 7) is 3.60. The van der Waals surface area contributed by atoms with Gasteiger partial charge in [0.05, 0.1) is 16.4 Å². The zero-order valence-corrected chi connectivity index (χ0v) is 17.0. The van der Waals surface area contributed by atoms with E-state index in [1.807, 2.05) is 48.6 Å². The average Bonchev–Trinajstić information content (AvgIpc) is 2.61. The maximum atomic E-state index is 12.2. The first-order valence-electron chi connectivity index (χ1n) is 8.12. The minimum absolute atomic E-state index is 0.300. The van der Waals surface area contributed by atoms with Gasteiger partial charge >= 0.3 is 5.97 Å². The number of rotatable bonds is 8. The number of carboxylic acids is 1. The van der Waals surface area contributed by atoms with Gasteiger partial charge in [0.25, 0.3) is 5.91 Å². The second kappa shape index (κ2) is 9.91. The van der Waals surface area contributed by atoms with E-state index in [9.17, 15) is 9.59 Å². The summed E-state index contributed by atoms with van der Waals surface area (Å²) >= 11 is 2.03. The highest BCUT2D eigenvalue weighted by Gasteiger charge is 2.13. The molecule has 7 nitrogen and oxygen atoms in total. The van der Waals surface area contributed by atoms with Gasteiger partial charge in [0.2, 0.25) is 0 Å². The first-order chi connectivity index (χ1) is 12.9. The van der Waals surface area contributed by atoms with Gasteiger partial charge in [-0.25, -0.2) is 10.2 Å². The van der Waals surface area contributed by atoms with E-state index in [0.717, 1.165) is 5.56 Å². The lowest BCUT2D eigenvalue weighted by molar-refractivity contribution is -0.139. The van der Waals surface area contributed by atoms with Crippen molar-refractivity contribution in [3.8, 4) is 11.5 Å². The number of amides is 1. The van der Waals surface area contributed by atoms with E-state index in [1.165, 1.54) is 6.21 Å². The minimum atomic E-state index is -1.07. The summed E-state index contributed by atoms with van der Waals surface area (Å²) in [4.78, 5) is 22.9. The van der Waals surface area contributed by atoms with Gasteiger partial charge < -0.3 is 14.6 Å². The van der Waals surface area contributed by atoms with Crippen LogP contribution in [0.15, 0.2) is 41.5 Å². The second-order valence-electron chi connectivity index (χ2n) is 5.46. The molecule has 0 saturated heterocycles. The van der Waals surface area contributed by atoms with Gasteiger partial charge in [0, 0.05) is 5.56 Å². The van der Waals surface area contributed by atoms with Crippen LogP contribution < -0.4 is 14.9 Å². The topological polar surface area (TPSA) is 97.2 Å².